The average Bonchev–Trinajstić information content (AvgIpc) is 3.16. The number of rotatable bonds is 6. The van der Waals surface area contributed by atoms with Crippen molar-refractivity contribution in [2.75, 3.05) is 0 Å². The molecular weight excluding hydrogens is 361 g/mol. The molecule has 3 aromatic rings. The normalized spacial score (nSPS) is 12.7. The van der Waals surface area contributed by atoms with Gasteiger partial charge in [0.15, 0.2) is 0 Å². The van der Waals surface area contributed by atoms with Gasteiger partial charge in [0.05, 0.1) is 11.7 Å². The lowest BCUT2D eigenvalue weighted by Gasteiger charge is -2.20. The van der Waals surface area contributed by atoms with Gasteiger partial charge in [0, 0.05) is 29.2 Å². The van der Waals surface area contributed by atoms with Gasteiger partial charge < -0.3 is 14.3 Å². The SMILES string of the molecule is CC(C)C(NCc1coc(-c2cc(Cl)cc(Cl)c2)n1)c1nncn1C. The first kappa shape index (κ1) is 17.9. The third kappa shape index (κ3) is 4.21. The molecule has 1 unspecified atom stereocenters. The summed E-state index contributed by atoms with van der Waals surface area (Å²) in [7, 11) is 1.93. The fourth-order valence-electron chi connectivity index (χ4n) is 2.61. The minimum atomic E-state index is 0.0632. The van der Waals surface area contributed by atoms with Crippen molar-refractivity contribution >= 4 is 23.2 Å². The standard InChI is InChI=1S/C17H19Cl2N5O/c1-10(2)15(16-23-21-9-24(16)3)20-7-14-8-25-17(22-14)11-4-12(18)6-13(19)5-11/h4-6,8-10,15,20H,7H2,1-3H3. The van der Waals surface area contributed by atoms with Gasteiger partial charge in [0.25, 0.3) is 0 Å². The number of benzene rings is 1. The predicted octanol–water partition coefficient (Wildman–Crippen LogP) is 4.26. The van der Waals surface area contributed by atoms with E-state index in [1.807, 2.05) is 11.6 Å². The Bertz CT molecular complexity index is 838. The number of aromatic nitrogens is 4. The molecule has 0 spiro atoms. The van der Waals surface area contributed by atoms with Crippen molar-refractivity contribution in [2.24, 2.45) is 13.0 Å². The number of nitrogens with zero attached hydrogens (tertiary/aromatic N) is 4. The molecule has 132 valence electrons. The molecule has 0 radical (unpaired) electrons. The highest BCUT2D eigenvalue weighted by molar-refractivity contribution is 6.35. The monoisotopic (exact) mass is 379 g/mol. The Morgan fingerprint density at radius 2 is 1.92 bits per heavy atom. The van der Waals surface area contributed by atoms with E-state index in [0.29, 0.717) is 28.4 Å². The van der Waals surface area contributed by atoms with E-state index in [1.165, 1.54) is 0 Å². The molecule has 1 aromatic carbocycles. The lowest BCUT2D eigenvalue weighted by Crippen LogP contribution is -2.28. The second kappa shape index (κ2) is 7.56. The highest BCUT2D eigenvalue weighted by Gasteiger charge is 2.20. The van der Waals surface area contributed by atoms with Crippen LogP contribution in [0, 0.1) is 5.92 Å². The van der Waals surface area contributed by atoms with E-state index >= 15 is 0 Å². The van der Waals surface area contributed by atoms with Crippen molar-refractivity contribution in [1.29, 1.82) is 0 Å². The largest absolute Gasteiger partial charge is 0.444 e. The van der Waals surface area contributed by atoms with Gasteiger partial charge in [0.2, 0.25) is 5.89 Å². The van der Waals surface area contributed by atoms with Crippen molar-refractivity contribution in [2.45, 2.75) is 26.4 Å². The molecule has 0 bridgehead atoms. The minimum Gasteiger partial charge on any atom is -0.444 e. The van der Waals surface area contributed by atoms with Crippen LogP contribution in [0.1, 0.15) is 31.4 Å². The Balaban J connectivity index is 1.73. The number of oxazole rings is 1. The van der Waals surface area contributed by atoms with Crippen LogP contribution in [-0.4, -0.2) is 19.7 Å². The summed E-state index contributed by atoms with van der Waals surface area (Å²) in [6.07, 6.45) is 3.33. The van der Waals surface area contributed by atoms with Crippen LogP contribution in [0.4, 0.5) is 0 Å². The van der Waals surface area contributed by atoms with Gasteiger partial charge in [0.1, 0.15) is 18.4 Å². The number of nitrogens with one attached hydrogen (secondary N) is 1. The van der Waals surface area contributed by atoms with E-state index in [1.54, 1.807) is 30.8 Å². The third-order valence-corrected chi connectivity index (χ3v) is 4.29. The zero-order chi connectivity index (χ0) is 18.0. The van der Waals surface area contributed by atoms with Crippen molar-refractivity contribution in [3.05, 3.63) is 52.4 Å². The first-order valence-electron chi connectivity index (χ1n) is 7.92. The minimum absolute atomic E-state index is 0.0632. The second-order valence-electron chi connectivity index (χ2n) is 6.20. The molecule has 0 saturated carbocycles. The molecule has 0 aliphatic carbocycles. The van der Waals surface area contributed by atoms with E-state index in [-0.39, 0.29) is 6.04 Å². The molecule has 0 amide bonds. The van der Waals surface area contributed by atoms with Crippen LogP contribution in [0.2, 0.25) is 10.0 Å². The molecule has 6 nitrogen and oxygen atoms in total. The first-order valence-corrected chi connectivity index (χ1v) is 8.67. The maximum absolute atomic E-state index is 6.03. The summed E-state index contributed by atoms with van der Waals surface area (Å²) in [6.45, 7) is 4.82. The summed E-state index contributed by atoms with van der Waals surface area (Å²) >= 11 is 12.1. The fraction of sp³-hybridized carbons (Fsp3) is 0.353. The van der Waals surface area contributed by atoms with Crippen LogP contribution >= 0.6 is 23.2 Å². The number of hydrogen-bond donors (Lipinski definition) is 1. The van der Waals surface area contributed by atoms with Gasteiger partial charge in [-0.1, -0.05) is 37.0 Å². The highest BCUT2D eigenvalue weighted by atomic mass is 35.5. The molecule has 8 heteroatoms. The molecule has 1 N–H and O–H groups in total. The molecule has 0 fully saturated rings. The van der Waals surface area contributed by atoms with Crippen molar-refractivity contribution in [3.63, 3.8) is 0 Å². The van der Waals surface area contributed by atoms with E-state index in [9.17, 15) is 0 Å². The van der Waals surface area contributed by atoms with E-state index in [0.717, 1.165) is 17.1 Å². The Kier molecular flexibility index (Phi) is 5.42. The maximum atomic E-state index is 6.03. The Hall–Kier alpha value is -1.89. The van der Waals surface area contributed by atoms with E-state index in [2.05, 4.69) is 34.3 Å². The van der Waals surface area contributed by atoms with Gasteiger partial charge in [-0.15, -0.1) is 10.2 Å². The van der Waals surface area contributed by atoms with Crippen molar-refractivity contribution < 1.29 is 4.42 Å². The van der Waals surface area contributed by atoms with Crippen molar-refractivity contribution in [1.82, 2.24) is 25.1 Å². The average molecular weight is 380 g/mol. The summed E-state index contributed by atoms with van der Waals surface area (Å²) in [5.41, 5.74) is 1.54. The summed E-state index contributed by atoms with van der Waals surface area (Å²) in [4.78, 5) is 4.51. The lowest BCUT2D eigenvalue weighted by atomic mass is 10.0. The zero-order valence-corrected chi connectivity index (χ0v) is 15.7. The molecule has 2 heterocycles. The van der Waals surface area contributed by atoms with Gasteiger partial charge in [-0.2, -0.15) is 0 Å². The lowest BCUT2D eigenvalue weighted by molar-refractivity contribution is 0.381. The molecular formula is C17H19Cl2N5O. The molecule has 0 saturated heterocycles. The predicted molar refractivity (Wildman–Crippen MR) is 97.4 cm³/mol. The van der Waals surface area contributed by atoms with Crippen LogP contribution in [-0.2, 0) is 13.6 Å². The molecule has 25 heavy (non-hydrogen) atoms. The Labute approximate surface area is 156 Å². The van der Waals surface area contributed by atoms with E-state index < -0.39 is 0 Å². The quantitative estimate of drug-likeness (QED) is 0.692. The smallest absolute Gasteiger partial charge is 0.226 e. The van der Waals surface area contributed by atoms with Crippen LogP contribution in [0.5, 0.6) is 0 Å². The van der Waals surface area contributed by atoms with E-state index in [4.69, 9.17) is 27.6 Å². The van der Waals surface area contributed by atoms with Crippen LogP contribution in [0.15, 0.2) is 35.2 Å². The van der Waals surface area contributed by atoms with Gasteiger partial charge in [-0.05, 0) is 24.1 Å². The van der Waals surface area contributed by atoms with Crippen LogP contribution < -0.4 is 5.32 Å². The van der Waals surface area contributed by atoms with Crippen molar-refractivity contribution in [3.8, 4) is 11.5 Å². The molecule has 1 atom stereocenters. The summed E-state index contributed by atoms with van der Waals surface area (Å²) < 4.78 is 7.48. The summed E-state index contributed by atoms with van der Waals surface area (Å²) in [5.74, 6) is 1.72. The second-order valence-corrected chi connectivity index (χ2v) is 7.08. The Morgan fingerprint density at radius 1 is 1.20 bits per heavy atom. The van der Waals surface area contributed by atoms with Gasteiger partial charge in [-0.3, -0.25) is 0 Å². The molecule has 0 aliphatic rings. The third-order valence-electron chi connectivity index (χ3n) is 3.86. The Morgan fingerprint density at radius 3 is 2.52 bits per heavy atom. The first-order chi connectivity index (χ1) is 11.9. The summed E-state index contributed by atoms with van der Waals surface area (Å²) in [5, 5.41) is 12.7. The fourth-order valence-corrected chi connectivity index (χ4v) is 3.14. The maximum Gasteiger partial charge on any atom is 0.226 e. The topological polar surface area (TPSA) is 68.8 Å². The number of hydrogen-bond acceptors (Lipinski definition) is 5. The summed E-state index contributed by atoms with van der Waals surface area (Å²) in [6, 6.07) is 5.28. The van der Waals surface area contributed by atoms with Gasteiger partial charge >= 0.3 is 0 Å². The van der Waals surface area contributed by atoms with Gasteiger partial charge in [-0.25, -0.2) is 4.98 Å². The number of aryl methyl sites for hydroxylation is 1. The van der Waals surface area contributed by atoms with Crippen LogP contribution in [0.3, 0.4) is 0 Å². The molecule has 0 aliphatic heterocycles. The zero-order valence-electron chi connectivity index (χ0n) is 14.2. The molecule has 3 rings (SSSR count). The molecule has 2 aromatic heterocycles. The van der Waals surface area contributed by atoms with Crippen LogP contribution in [0.25, 0.3) is 11.5 Å². The highest BCUT2D eigenvalue weighted by Crippen LogP contribution is 2.27. The number of halogens is 2.